The van der Waals surface area contributed by atoms with Gasteiger partial charge in [-0.15, -0.1) is 21.5 Å². The third-order valence-corrected chi connectivity index (χ3v) is 12.5. The molecule has 0 bridgehead atoms. The number of piperidine rings is 1. The fourth-order valence-electron chi connectivity index (χ4n) is 7.47. The largest absolute Gasteiger partial charge is 0.356 e. The molecule has 13 nitrogen and oxygen atoms in total. The van der Waals surface area contributed by atoms with Crippen LogP contribution in [0.1, 0.15) is 135 Å². The summed E-state index contributed by atoms with van der Waals surface area (Å²) in [5.74, 6) is -0.405. The summed E-state index contributed by atoms with van der Waals surface area (Å²) in [5, 5.41) is 21.6. The monoisotopic (exact) mass is 840 g/mol. The molecular formula is C44H53ClN8O5S. The highest BCUT2D eigenvalue weighted by atomic mass is 35.5. The van der Waals surface area contributed by atoms with Crippen molar-refractivity contribution >= 4 is 63.9 Å². The predicted octanol–water partition coefficient (Wildman–Crippen LogP) is 7.48. The molecule has 2 aliphatic rings. The summed E-state index contributed by atoms with van der Waals surface area (Å²) in [5.41, 5.74) is 5.29. The van der Waals surface area contributed by atoms with E-state index in [1.54, 1.807) is 36.5 Å². The number of carbonyl (C=O) groups excluding carboxylic acids is 5. The van der Waals surface area contributed by atoms with Crippen LogP contribution in [0.25, 0.3) is 5.00 Å². The van der Waals surface area contributed by atoms with Crippen molar-refractivity contribution in [2.24, 2.45) is 4.99 Å². The van der Waals surface area contributed by atoms with Crippen LogP contribution in [0.2, 0.25) is 5.02 Å². The smallest absolute Gasteiger partial charge is 0.249 e. The summed E-state index contributed by atoms with van der Waals surface area (Å²) in [6.45, 7) is 8.49. The Morgan fingerprint density at radius 3 is 2.37 bits per heavy atom. The molecule has 2 aliphatic heterocycles. The standard InChI is InChI=1S/C44H53ClN8O5S/c1-26-28(3)59-44-39(26)40(30-17-19-32(45)20-18-30)48-35(41-52-51-29(4)53(41)44)25-38(56)46-23-12-10-8-6-5-7-9-11-16-36(54)47-33-15-13-14-31(24-33)27(2)42(57)49-34-21-22-37(55)50-43(34)58/h13-15,17-20,24,27,34-35H,5-12,16,21-23,25H2,1-4H3,(H,46,56)(H,47,54)(H,49,57)(H,50,55,58)/t27-,34?,35+/m1/s1. The van der Waals surface area contributed by atoms with E-state index in [4.69, 9.17) is 16.6 Å². The number of hydrogen-bond acceptors (Lipinski definition) is 9. The number of aromatic nitrogens is 3. The maximum absolute atomic E-state index is 13.3. The number of aliphatic imine (C=N–C) groups is 1. The van der Waals surface area contributed by atoms with Gasteiger partial charge >= 0.3 is 0 Å². The first-order valence-electron chi connectivity index (χ1n) is 20.6. The maximum Gasteiger partial charge on any atom is 0.249 e. The highest BCUT2D eigenvalue weighted by Crippen LogP contribution is 2.39. The molecule has 1 unspecified atom stereocenters. The molecule has 4 N–H and O–H groups in total. The fraction of sp³-hybridized carbons (Fsp3) is 0.455. The Morgan fingerprint density at radius 2 is 1.64 bits per heavy atom. The van der Waals surface area contributed by atoms with Gasteiger partial charge in [0.15, 0.2) is 5.82 Å². The number of benzene rings is 2. The van der Waals surface area contributed by atoms with Crippen LogP contribution in [0, 0.1) is 20.8 Å². The SMILES string of the molecule is Cc1sc2c(c1C)C(c1ccc(Cl)cc1)=N[C@@H](CC(=O)NCCCCCCCCCCC(=O)Nc1cccc([C@@H](C)C(=O)NC3CCC(=O)NC3=O)c1)c1nnc(C)n1-2. The van der Waals surface area contributed by atoms with Crippen LogP contribution >= 0.6 is 22.9 Å². The summed E-state index contributed by atoms with van der Waals surface area (Å²) in [4.78, 5) is 68.6. The number of carbonyl (C=O) groups is 5. The minimum atomic E-state index is -0.735. The molecule has 6 rings (SSSR count). The number of halogens is 1. The van der Waals surface area contributed by atoms with Crippen LogP contribution < -0.4 is 21.3 Å². The Morgan fingerprint density at radius 1 is 0.932 bits per heavy atom. The van der Waals surface area contributed by atoms with Gasteiger partial charge in [0.2, 0.25) is 29.5 Å². The number of nitrogens with one attached hydrogen (secondary N) is 4. The molecule has 0 radical (unpaired) electrons. The highest BCUT2D eigenvalue weighted by molar-refractivity contribution is 7.15. The number of rotatable bonds is 18. The minimum Gasteiger partial charge on any atom is -0.356 e. The number of anilines is 1. The van der Waals surface area contributed by atoms with Crippen LogP contribution in [0.15, 0.2) is 53.5 Å². The molecule has 4 aromatic rings. The number of amides is 5. The Balaban J connectivity index is 0.866. The van der Waals surface area contributed by atoms with E-state index in [-0.39, 0.29) is 42.9 Å². The number of unbranched alkanes of at least 4 members (excludes halogenated alkanes) is 7. The number of fused-ring (bicyclic) bond motifs is 3. The lowest BCUT2D eigenvalue weighted by Crippen LogP contribution is -2.52. The highest BCUT2D eigenvalue weighted by Gasteiger charge is 2.33. The third kappa shape index (κ3) is 11.1. The second-order valence-corrected chi connectivity index (χ2v) is 17.1. The Hall–Kier alpha value is -5.21. The summed E-state index contributed by atoms with van der Waals surface area (Å²) in [7, 11) is 0. The third-order valence-electron chi connectivity index (χ3n) is 11.0. The fourth-order valence-corrected chi connectivity index (χ4v) is 8.81. The van der Waals surface area contributed by atoms with Gasteiger partial charge in [-0.05, 0) is 82.3 Å². The van der Waals surface area contributed by atoms with Gasteiger partial charge in [0.25, 0.3) is 0 Å². The molecule has 15 heteroatoms. The molecular weight excluding hydrogens is 788 g/mol. The molecule has 3 atom stereocenters. The van der Waals surface area contributed by atoms with Crippen molar-refractivity contribution in [2.45, 2.75) is 123 Å². The molecule has 2 aromatic heterocycles. The molecule has 0 aliphatic carbocycles. The zero-order chi connectivity index (χ0) is 42.1. The van der Waals surface area contributed by atoms with E-state index in [0.717, 1.165) is 84.6 Å². The lowest BCUT2D eigenvalue weighted by Gasteiger charge is -2.23. The second-order valence-electron chi connectivity index (χ2n) is 15.4. The number of thiophene rings is 1. The van der Waals surface area contributed by atoms with Crippen molar-refractivity contribution in [2.75, 3.05) is 11.9 Å². The Labute approximate surface area is 354 Å². The first kappa shape index (κ1) is 43.4. The number of imide groups is 1. The molecule has 312 valence electrons. The molecule has 0 spiro atoms. The predicted molar refractivity (Wildman–Crippen MR) is 230 cm³/mol. The van der Waals surface area contributed by atoms with Gasteiger partial charge < -0.3 is 16.0 Å². The number of aryl methyl sites for hydroxylation is 2. The topological polar surface area (TPSA) is 177 Å². The van der Waals surface area contributed by atoms with Crippen molar-refractivity contribution in [3.05, 3.63) is 92.3 Å². The molecule has 4 heterocycles. The van der Waals surface area contributed by atoms with Gasteiger partial charge in [0.05, 0.1) is 18.1 Å². The van der Waals surface area contributed by atoms with E-state index in [9.17, 15) is 24.0 Å². The lowest BCUT2D eigenvalue weighted by molar-refractivity contribution is -0.137. The van der Waals surface area contributed by atoms with Crippen LogP contribution in [-0.4, -0.2) is 62.6 Å². The molecule has 1 saturated heterocycles. The Bertz CT molecular complexity index is 2210. The normalized spacial score (nSPS) is 16.6. The second kappa shape index (κ2) is 20.2. The summed E-state index contributed by atoms with van der Waals surface area (Å²) in [6, 6.07) is 13.6. The van der Waals surface area contributed by atoms with Crippen molar-refractivity contribution in [1.29, 1.82) is 0 Å². The average Bonchev–Trinajstić information content (AvgIpc) is 3.69. The van der Waals surface area contributed by atoms with Gasteiger partial charge in [-0.2, -0.15) is 0 Å². The van der Waals surface area contributed by atoms with Gasteiger partial charge in [-0.3, -0.25) is 38.8 Å². The van der Waals surface area contributed by atoms with E-state index in [1.165, 1.54) is 4.88 Å². The first-order chi connectivity index (χ1) is 28.4. The van der Waals surface area contributed by atoms with Crippen LogP contribution in [-0.2, 0) is 24.0 Å². The average molecular weight is 841 g/mol. The molecule has 2 aromatic carbocycles. The quantitative estimate of drug-likeness (QED) is 0.0593. The van der Waals surface area contributed by atoms with Crippen molar-refractivity contribution in [1.82, 2.24) is 30.7 Å². The van der Waals surface area contributed by atoms with Crippen LogP contribution in [0.3, 0.4) is 0 Å². The number of nitrogens with zero attached hydrogens (tertiary/aromatic N) is 4. The van der Waals surface area contributed by atoms with Crippen molar-refractivity contribution in [3.63, 3.8) is 0 Å². The zero-order valence-corrected chi connectivity index (χ0v) is 35.7. The van der Waals surface area contributed by atoms with E-state index >= 15 is 0 Å². The molecule has 0 saturated carbocycles. The molecule has 1 fully saturated rings. The Kier molecular flexibility index (Phi) is 14.8. The van der Waals surface area contributed by atoms with E-state index in [1.807, 2.05) is 37.3 Å². The van der Waals surface area contributed by atoms with E-state index in [2.05, 4.69) is 49.9 Å². The van der Waals surface area contributed by atoms with Gasteiger partial charge in [0, 0.05) is 46.1 Å². The minimum absolute atomic E-state index is 0.0692. The number of hydrogen-bond donors (Lipinski definition) is 4. The maximum atomic E-state index is 13.3. The summed E-state index contributed by atoms with van der Waals surface area (Å²) < 4.78 is 2.06. The van der Waals surface area contributed by atoms with Crippen molar-refractivity contribution in [3.8, 4) is 5.00 Å². The summed E-state index contributed by atoms with van der Waals surface area (Å²) in [6.07, 6.45) is 9.03. The lowest BCUT2D eigenvalue weighted by atomic mass is 9.98. The molecule has 59 heavy (non-hydrogen) atoms. The first-order valence-corrected chi connectivity index (χ1v) is 21.8. The van der Waals surface area contributed by atoms with Crippen LogP contribution in [0.4, 0.5) is 5.69 Å². The van der Waals surface area contributed by atoms with E-state index in [0.29, 0.717) is 35.1 Å². The van der Waals surface area contributed by atoms with Gasteiger partial charge in [-0.25, -0.2) is 0 Å². The zero-order valence-electron chi connectivity index (χ0n) is 34.2. The van der Waals surface area contributed by atoms with E-state index < -0.39 is 23.9 Å². The van der Waals surface area contributed by atoms with Gasteiger partial charge in [-0.1, -0.05) is 74.4 Å². The van der Waals surface area contributed by atoms with Gasteiger partial charge in [0.1, 0.15) is 22.9 Å². The summed E-state index contributed by atoms with van der Waals surface area (Å²) >= 11 is 7.92. The van der Waals surface area contributed by atoms with Crippen molar-refractivity contribution < 1.29 is 24.0 Å². The van der Waals surface area contributed by atoms with Crippen LogP contribution in [0.5, 0.6) is 0 Å². The molecule has 5 amide bonds.